The van der Waals surface area contributed by atoms with E-state index in [9.17, 15) is 13.2 Å². The lowest BCUT2D eigenvalue weighted by molar-refractivity contribution is 0.0989. The van der Waals surface area contributed by atoms with Crippen molar-refractivity contribution in [3.05, 3.63) is 89.7 Å². The molecule has 0 bridgehead atoms. The van der Waals surface area contributed by atoms with E-state index in [0.717, 1.165) is 17.7 Å². The molecule has 0 saturated heterocycles. The van der Waals surface area contributed by atoms with Gasteiger partial charge in [-0.1, -0.05) is 36.4 Å². The van der Waals surface area contributed by atoms with Gasteiger partial charge in [0, 0.05) is 30.2 Å². The highest BCUT2D eigenvalue weighted by Gasteiger charge is 2.26. The molecule has 0 radical (unpaired) electrons. The molecule has 1 aliphatic rings. The van der Waals surface area contributed by atoms with E-state index >= 15 is 0 Å². The van der Waals surface area contributed by atoms with Crippen LogP contribution in [0.5, 0.6) is 0 Å². The van der Waals surface area contributed by atoms with Gasteiger partial charge < -0.3 is 4.90 Å². The number of hydrogen-bond acceptors (Lipinski definition) is 4. The molecule has 1 amide bonds. The highest BCUT2D eigenvalue weighted by molar-refractivity contribution is 7.91. The van der Waals surface area contributed by atoms with E-state index in [1.54, 1.807) is 53.7 Å². The largest absolute Gasteiger partial charge is 0.308 e. The molecule has 7 heteroatoms. The van der Waals surface area contributed by atoms with Gasteiger partial charge in [0.05, 0.1) is 11.4 Å². The van der Waals surface area contributed by atoms with Crippen molar-refractivity contribution >= 4 is 27.3 Å². The third-order valence-electron chi connectivity index (χ3n) is 4.63. The maximum absolute atomic E-state index is 12.8. The number of aromatic nitrogens is 1. The van der Waals surface area contributed by atoms with Gasteiger partial charge in [-0.15, -0.1) is 0 Å². The highest BCUT2D eigenvalue weighted by atomic mass is 32.2. The normalized spacial score (nSPS) is 13.2. The van der Waals surface area contributed by atoms with Crippen LogP contribution in [0, 0.1) is 0 Å². The number of fused-ring (bicyclic) bond motifs is 1. The molecule has 4 rings (SSSR count). The number of hydrogen-bond donors (Lipinski definition) is 1. The Morgan fingerprint density at radius 1 is 1.04 bits per heavy atom. The van der Waals surface area contributed by atoms with Gasteiger partial charge in [-0.05, 0) is 41.8 Å². The zero-order chi connectivity index (χ0) is 19.6. The van der Waals surface area contributed by atoms with Crippen LogP contribution in [-0.2, 0) is 22.2 Å². The van der Waals surface area contributed by atoms with Crippen molar-refractivity contribution in [2.45, 2.75) is 12.2 Å². The van der Waals surface area contributed by atoms with E-state index in [4.69, 9.17) is 0 Å². The lowest BCUT2D eigenvalue weighted by Gasteiger charge is -2.18. The third kappa shape index (κ3) is 3.89. The summed E-state index contributed by atoms with van der Waals surface area (Å²) in [6, 6.07) is 17.7. The number of nitrogens with one attached hydrogen (secondary N) is 1. The Morgan fingerprint density at radius 3 is 2.54 bits per heavy atom. The Bertz CT molecular complexity index is 1100. The summed E-state index contributed by atoms with van der Waals surface area (Å²) >= 11 is 0. The van der Waals surface area contributed by atoms with Crippen LogP contribution in [0.3, 0.4) is 0 Å². The number of pyridine rings is 1. The molecule has 6 nitrogen and oxygen atoms in total. The second kappa shape index (κ2) is 7.44. The molecule has 0 aliphatic carbocycles. The fourth-order valence-electron chi connectivity index (χ4n) is 3.31. The number of carbonyl (C=O) groups excluding carboxylic acids is 1. The molecule has 28 heavy (non-hydrogen) atoms. The maximum atomic E-state index is 12.8. The second-order valence-electron chi connectivity index (χ2n) is 6.63. The van der Waals surface area contributed by atoms with Gasteiger partial charge in [0.2, 0.25) is 10.0 Å². The smallest absolute Gasteiger partial charge is 0.258 e. The van der Waals surface area contributed by atoms with Crippen LogP contribution in [-0.4, -0.2) is 25.9 Å². The fraction of sp³-hybridized carbons (Fsp3) is 0.143. The van der Waals surface area contributed by atoms with Crippen molar-refractivity contribution in [3.8, 4) is 0 Å². The Balaban J connectivity index is 1.56. The highest BCUT2D eigenvalue weighted by Crippen LogP contribution is 2.32. The average Bonchev–Trinajstić information content (AvgIpc) is 3.11. The molecule has 0 unspecified atom stereocenters. The monoisotopic (exact) mass is 393 g/mol. The molecule has 2 aromatic carbocycles. The number of rotatable bonds is 5. The van der Waals surface area contributed by atoms with Crippen molar-refractivity contribution in [2.24, 2.45) is 0 Å². The van der Waals surface area contributed by atoms with Crippen LogP contribution in [0.2, 0.25) is 0 Å². The van der Waals surface area contributed by atoms with E-state index in [2.05, 4.69) is 9.71 Å². The molecule has 1 aromatic heterocycles. The minimum Gasteiger partial charge on any atom is -0.308 e. The third-order valence-corrected chi connectivity index (χ3v) is 5.89. The summed E-state index contributed by atoms with van der Waals surface area (Å²) < 4.78 is 27.6. The van der Waals surface area contributed by atoms with Crippen LogP contribution in [0.15, 0.2) is 73.1 Å². The summed E-state index contributed by atoms with van der Waals surface area (Å²) in [5, 5.41) is 0. The van der Waals surface area contributed by atoms with Gasteiger partial charge in [-0.25, -0.2) is 8.42 Å². The Labute approximate surface area is 163 Å². The van der Waals surface area contributed by atoms with E-state index in [0.29, 0.717) is 23.4 Å². The molecule has 1 aliphatic heterocycles. The predicted molar refractivity (Wildman–Crippen MR) is 109 cm³/mol. The minimum absolute atomic E-state index is 0.107. The minimum atomic E-state index is -3.56. The molecule has 0 fully saturated rings. The second-order valence-corrected chi connectivity index (χ2v) is 8.36. The van der Waals surface area contributed by atoms with Gasteiger partial charge in [-0.2, -0.15) is 0 Å². The first-order valence-electron chi connectivity index (χ1n) is 8.91. The van der Waals surface area contributed by atoms with E-state index < -0.39 is 10.0 Å². The predicted octanol–water partition coefficient (Wildman–Crippen LogP) is 3.23. The summed E-state index contributed by atoms with van der Waals surface area (Å²) in [6.07, 6.45) is 3.90. The van der Waals surface area contributed by atoms with E-state index in [1.807, 2.05) is 24.3 Å². The van der Waals surface area contributed by atoms with E-state index in [-0.39, 0.29) is 11.7 Å². The number of nitrogens with zero attached hydrogens (tertiary/aromatic N) is 2. The van der Waals surface area contributed by atoms with Gasteiger partial charge in [-0.3, -0.25) is 14.5 Å². The fourth-order valence-corrected chi connectivity index (χ4v) is 4.50. The SMILES string of the molecule is O=C(c1ccncc1)N1CCc2ccc(NS(=O)(=O)Cc3ccccc3)cc21. The number of carbonyl (C=O) groups is 1. The van der Waals surface area contributed by atoms with Crippen LogP contribution < -0.4 is 9.62 Å². The maximum Gasteiger partial charge on any atom is 0.258 e. The van der Waals surface area contributed by atoms with Crippen molar-refractivity contribution in [1.29, 1.82) is 0 Å². The van der Waals surface area contributed by atoms with Gasteiger partial charge in [0.25, 0.3) is 5.91 Å². The first-order valence-corrected chi connectivity index (χ1v) is 10.6. The van der Waals surface area contributed by atoms with Crippen molar-refractivity contribution in [1.82, 2.24) is 4.98 Å². The zero-order valence-corrected chi connectivity index (χ0v) is 15.9. The average molecular weight is 393 g/mol. The summed E-state index contributed by atoms with van der Waals surface area (Å²) in [7, 11) is -3.56. The molecular formula is C21H19N3O3S. The zero-order valence-electron chi connectivity index (χ0n) is 15.1. The first kappa shape index (κ1) is 18.2. The number of sulfonamides is 1. The number of benzene rings is 2. The van der Waals surface area contributed by atoms with Crippen LogP contribution in [0.1, 0.15) is 21.5 Å². The summed E-state index contributed by atoms with van der Waals surface area (Å²) in [5.74, 6) is -0.227. The molecule has 2 heterocycles. The standard InChI is InChI=1S/C21H19N3O3S/c25-21(18-8-11-22-12-9-18)24-13-10-17-6-7-19(14-20(17)24)23-28(26,27)15-16-4-2-1-3-5-16/h1-9,11-12,14,23H,10,13,15H2. The van der Waals surface area contributed by atoms with Crippen molar-refractivity contribution < 1.29 is 13.2 Å². The van der Waals surface area contributed by atoms with Crippen LogP contribution in [0.25, 0.3) is 0 Å². The molecule has 3 aromatic rings. The molecule has 0 atom stereocenters. The lowest BCUT2D eigenvalue weighted by Crippen LogP contribution is -2.29. The van der Waals surface area contributed by atoms with Crippen molar-refractivity contribution in [3.63, 3.8) is 0 Å². The first-order chi connectivity index (χ1) is 13.5. The van der Waals surface area contributed by atoms with Crippen LogP contribution in [0.4, 0.5) is 11.4 Å². The molecular weight excluding hydrogens is 374 g/mol. The summed E-state index contributed by atoms with van der Waals surface area (Å²) in [4.78, 5) is 18.4. The molecule has 142 valence electrons. The van der Waals surface area contributed by atoms with Gasteiger partial charge in [0.15, 0.2) is 0 Å². The van der Waals surface area contributed by atoms with Crippen LogP contribution >= 0.6 is 0 Å². The topological polar surface area (TPSA) is 79.4 Å². The lowest BCUT2D eigenvalue weighted by atomic mass is 10.1. The van der Waals surface area contributed by atoms with Crippen molar-refractivity contribution in [2.75, 3.05) is 16.2 Å². The van der Waals surface area contributed by atoms with E-state index in [1.165, 1.54) is 0 Å². The Morgan fingerprint density at radius 2 is 1.79 bits per heavy atom. The molecule has 1 N–H and O–H groups in total. The summed E-state index contributed by atoms with van der Waals surface area (Å²) in [6.45, 7) is 0.566. The quantitative estimate of drug-likeness (QED) is 0.722. The Hall–Kier alpha value is -3.19. The number of amides is 1. The number of anilines is 2. The molecule has 0 spiro atoms. The van der Waals surface area contributed by atoms with Gasteiger partial charge in [0.1, 0.15) is 0 Å². The summed E-state index contributed by atoms with van der Waals surface area (Å²) in [5.41, 5.74) is 3.47. The Kier molecular flexibility index (Phi) is 4.83. The molecule has 0 saturated carbocycles. The van der Waals surface area contributed by atoms with Gasteiger partial charge >= 0.3 is 0 Å².